The van der Waals surface area contributed by atoms with E-state index in [2.05, 4.69) is 25.9 Å². The molecule has 0 bridgehead atoms. The lowest BCUT2D eigenvalue weighted by molar-refractivity contribution is 0.618. The van der Waals surface area contributed by atoms with Gasteiger partial charge in [0.25, 0.3) is 0 Å². The van der Waals surface area contributed by atoms with Crippen LogP contribution in [0.25, 0.3) is 33.6 Å². The molecule has 0 atom stereocenters. The molecule has 0 amide bonds. The largest absolute Gasteiger partial charge is 0.435 e. The first-order valence-electron chi connectivity index (χ1n) is 6.33. The van der Waals surface area contributed by atoms with Gasteiger partial charge in [0, 0.05) is 10.6 Å². The van der Waals surface area contributed by atoms with Crippen molar-refractivity contribution in [2.24, 2.45) is 0 Å². The molecule has 21 heavy (non-hydrogen) atoms. The van der Waals surface area contributed by atoms with Crippen LogP contribution in [0.15, 0.2) is 57.4 Å². The van der Waals surface area contributed by atoms with Crippen molar-refractivity contribution in [3.8, 4) is 11.3 Å². The Balaban J connectivity index is 2.00. The summed E-state index contributed by atoms with van der Waals surface area (Å²) >= 11 is 9.49. The molecule has 0 aliphatic carbocycles. The third kappa shape index (κ3) is 2.11. The zero-order chi connectivity index (χ0) is 14.4. The first-order valence-corrected chi connectivity index (χ1v) is 7.50. The number of aromatic nitrogens is 2. The Morgan fingerprint density at radius 2 is 1.57 bits per heavy atom. The number of furan rings is 1. The Hall–Kier alpha value is -1.91. The Kier molecular flexibility index (Phi) is 2.94. The van der Waals surface area contributed by atoms with E-state index in [1.807, 2.05) is 48.5 Å². The highest BCUT2D eigenvalue weighted by Crippen LogP contribution is 2.37. The van der Waals surface area contributed by atoms with Crippen LogP contribution in [0.5, 0.6) is 0 Å². The maximum Gasteiger partial charge on any atom is 0.247 e. The van der Waals surface area contributed by atoms with Crippen LogP contribution in [0.3, 0.4) is 0 Å². The zero-order valence-corrected chi connectivity index (χ0v) is 13.0. The quantitative estimate of drug-likeness (QED) is 0.453. The summed E-state index contributed by atoms with van der Waals surface area (Å²) in [6, 6.07) is 15.2. The summed E-state index contributed by atoms with van der Waals surface area (Å²) in [5.74, 6) is 0.706. The second-order valence-electron chi connectivity index (χ2n) is 4.62. The third-order valence-corrected chi connectivity index (χ3v) is 4.24. The van der Waals surface area contributed by atoms with E-state index < -0.39 is 0 Å². The van der Waals surface area contributed by atoms with E-state index in [4.69, 9.17) is 16.0 Å². The number of halogens is 2. The van der Waals surface area contributed by atoms with Gasteiger partial charge in [0.05, 0.1) is 15.5 Å². The van der Waals surface area contributed by atoms with Gasteiger partial charge in [-0.1, -0.05) is 23.7 Å². The summed E-state index contributed by atoms with van der Waals surface area (Å²) in [5.41, 5.74) is 3.82. The Labute approximate surface area is 133 Å². The van der Waals surface area contributed by atoms with E-state index in [9.17, 15) is 0 Å². The van der Waals surface area contributed by atoms with Crippen molar-refractivity contribution in [3.63, 3.8) is 0 Å². The molecule has 0 radical (unpaired) electrons. The minimum Gasteiger partial charge on any atom is -0.435 e. The van der Waals surface area contributed by atoms with E-state index >= 15 is 0 Å². The molecule has 0 aliphatic rings. The lowest BCUT2D eigenvalue weighted by atomic mass is 10.2. The van der Waals surface area contributed by atoms with Gasteiger partial charge < -0.3 is 4.42 Å². The summed E-state index contributed by atoms with van der Waals surface area (Å²) in [4.78, 5) is 9.13. The van der Waals surface area contributed by atoms with Crippen LogP contribution in [0.1, 0.15) is 0 Å². The molecule has 0 spiro atoms. The normalized spacial score (nSPS) is 11.3. The van der Waals surface area contributed by atoms with Gasteiger partial charge in [0.2, 0.25) is 5.71 Å². The molecule has 5 heteroatoms. The number of fused-ring (bicyclic) bond motifs is 2. The maximum absolute atomic E-state index is 5.92. The molecule has 0 saturated heterocycles. The van der Waals surface area contributed by atoms with E-state index in [-0.39, 0.29) is 0 Å². The molecule has 0 aliphatic heterocycles. The summed E-state index contributed by atoms with van der Waals surface area (Å²) < 4.78 is 6.67. The molecular weight excluding hydrogens is 352 g/mol. The average molecular weight is 360 g/mol. The Morgan fingerprint density at radius 1 is 0.905 bits per heavy atom. The average Bonchev–Trinajstić information content (AvgIpc) is 2.82. The molecule has 2 heterocycles. The number of nitrogens with zero attached hydrogens (tertiary/aromatic N) is 2. The van der Waals surface area contributed by atoms with Gasteiger partial charge in [-0.2, -0.15) is 0 Å². The highest BCUT2D eigenvalue weighted by molar-refractivity contribution is 9.10. The third-order valence-electron chi connectivity index (χ3n) is 3.25. The molecule has 4 rings (SSSR count). The molecule has 2 aromatic carbocycles. The summed E-state index contributed by atoms with van der Waals surface area (Å²) in [5, 5.41) is 0.688. The fourth-order valence-corrected chi connectivity index (χ4v) is 2.93. The van der Waals surface area contributed by atoms with E-state index in [1.165, 1.54) is 0 Å². The van der Waals surface area contributed by atoms with Crippen LogP contribution < -0.4 is 0 Å². The van der Waals surface area contributed by atoms with Crippen LogP contribution >= 0.6 is 27.5 Å². The van der Waals surface area contributed by atoms with Gasteiger partial charge in [-0.15, -0.1) is 0 Å². The van der Waals surface area contributed by atoms with E-state index in [1.54, 1.807) is 0 Å². The molecule has 4 aromatic rings. The monoisotopic (exact) mass is 358 g/mol. The van der Waals surface area contributed by atoms with Gasteiger partial charge in [-0.3, -0.25) is 0 Å². The summed E-state index contributed by atoms with van der Waals surface area (Å²) in [7, 11) is 0. The second-order valence-corrected chi connectivity index (χ2v) is 5.85. The lowest BCUT2D eigenvalue weighted by Crippen LogP contribution is -1.83. The SMILES string of the molecule is Clc1ccc(-c2oc3nc4ccccc4nc3c2Br)cc1. The topological polar surface area (TPSA) is 38.9 Å². The molecule has 0 N–H and O–H groups in total. The highest BCUT2D eigenvalue weighted by Gasteiger charge is 2.16. The standard InChI is InChI=1S/C16H8BrClN2O/c17-13-14-16(20-12-4-2-1-3-11(12)19-14)21-15(13)9-5-7-10(18)8-6-9/h1-8H. The zero-order valence-electron chi connectivity index (χ0n) is 10.7. The van der Waals surface area contributed by atoms with Gasteiger partial charge in [0.1, 0.15) is 5.52 Å². The van der Waals surface area contributed by atoms with Gasteiger partial charge in [-0.05, 0) is 52.3 Å². The number of rotatable bonds is 1. The fourth-order valence-electron chi connectivity index (χ4n) is 2.23. The second kappa shape index (κ2) is 4.83. The Morgan fingerprint density at radius 3 is 2.29 bits per heavy atom. The number of para-hydroxylation sites is 2. The van der Waals surface area contributed by atoms with Crippen molar-refractivity contribution in [1.82, 2.24) is 9.97 Å². The highest BCUT2D eigenvalue weighted by atomic mass is 79.9. The minimum absolute atomic E-state index is 0.519. The molecule has 0 fully saturated rings. The fraction of sp³-hybridized carbons (Fsp3) is 0. The van der Waals surface area contributed by atoms with Crippen molar-refractivity contribution >= 4 is 49.8 Å². The van der Waals surface area contributed by atoms with Crippen molar-refractivity contribution < 1.29 is 4.42 Å². The first-order chi connectivity index (χ1) is 10.2. The number of benzene rings is 2. The van der Waals surface area contributed by atoms with Crippen molar-refractivity contribution in [2.75, 3.05) is 0 Å². The molecule has 3 nitrogen and oxygen atoms in total. The predicted molar refractivity (Wildman–Crippen MR) is 87.5 cm³/mol. The lowest BCUT2D eigenvalue weighted by Gasteiger charge is -1.97. The first kappa shape index (κ1) is 12.8. The Bertz CT molecular complexity index is 963. The molecule has 2 aromatic heterocycles. The van der Waals surface area contributed by atoms with Gasteiger partial charge >= 0.3 is 0 Å². The number of hydrogen-bond acceptors (Lipinski definition) is 3. The molecular formula is C16H8BrClN2O. The van der Waals surface area contributed by atoms with Crippen molar-refractivity contribution in [2.45, 2.75) is 0 Å². The smallest absolute Gasteiger partial charge is 0.247 e. The molecule has 102 valence electrons. The number of hydrogen-bond donors (Lipinski definition) is 0. The molecule has 0 saturated carbocycles. The van der Waals surface area contributed by atoms with Crippen LogP contribution in [-0.4, -0.2) is 9.97 Å². The van der Waals surface area contributed by atoms with Crippen LogP contribution in [0.4, 0.5) is 0 Å². The van der Waals surface area contributed by atoms with Crippen molar-refractivity contribution in [3.05, 3.63) is 58.0 Å². The van der Waals surface area contributed by atoms with Crippen LogP contribution in [0, 0.1) is 0 Å². The predicted octanol–water partition coefficient (Wildman–Crippen LogP) is 5.46. The van der Waals surface area contributed by atoms with E-state index in [0.29, 0.717) is 16.5 Å². The molecule has 0 unspecified atom stereocenters. The summed E-state index contributed by atoms with van der Waals surface area (Å²) in [6.07, 6.45) is 0. The summed E-state index contributed by atoms with van der Waals surface area (Å²) in [6.45, 7) is 0. The minimum atomic E-state index is 0.519. The van der Waals surface area contributed by atoms with Crippen LogP contribution in [0.2, 0.25) is 5.02 Å². The van der Waals surface area contributed by atoms with Gasteiger partial charge in [-0.25, -0.2) is 9.97 Å². The van der Waals surface area contributed by atoms with Crippen LogP contribution in [-0.2, 0) is 0 Å². The van der Waals surface area contributed by atoms with Crippen molar-refractivity contribution in [1.29, 1.82) is 0 Å². The maximum atomic E-state index is 5.92. The van der Waals surface area contributed by atoms with Gasteiger partial charge in [0.15, 0.2) is 5.76 Å². The van der Waals surface area contributed by atoms with E-state index in [0.717, 1.165) is 26.6 Å².